The van der Waals surface area contributed by atoms with Gasteiger partial charge in [-0.3, -0.25) is 4.90 Å². The first-order valence-electron chi connectivity index (χ1n) is 7.00. The van der Waals surface area contributed by atoms with Gasteiger partial charge < -0.3 is 15.5 Å². The molecule has 1 aliphatic rings. The number of phenolic OH excluding ortho intramolecular Hbond substituents is 1. The van der Waals surface area contributed by atoms with Gasteiger partial charge in [0.1, 0.15) is 5.75 Å². The maximum absolute atomic E-state index is 10.4. The molecule has 3 N–H and O–H groups in total. The molecule has 112 valence electrons. The number of benzene rings is 1. The lowest BCUT2D eigenvalue weighted by Gasteiger charge is -2.43. The highest BCUT2D eigenvalue weighted by atomic mass is 79.9. The predicted molar refractivity (Wildman–Crippen MR) is 83.9 cm³/mol. The van der Waals surface area contributed by atoms with Crippen LogP contribution in [0.3, 0.4) is 0 Å². The molecule has 20 heavy (non-hydrogen) atoms. The van der Waals surface area contributed by atoms with E-state index in [1.807, 2.05) is 32.0 Å². The maximum atomic E-state index is 10.4. The van der Waals surface area contributed by atoms with Crippen LogP contribution in [0.1, 0.15) is 25.5 Å². The Bertz CT molecular complexity index is 459. The van der Waals surface area contributed by atoms with E-state index in [-0.39, 0.29) is 23.8 Å². The second-order valence-corrected chi connectivity index (χ2v) is 6.87. The van der Waals surface area contributed by atoms with Crippen LogP contribution in [-0.4, -0.2) is 47.9 Å². The Morgan fingerprint density at radius 2 is 2.00 bits per heavy atom. The zero-order valence-corrected chi connectivity index (χ0v) is 13.7. The lowest BCUT2D eigenvalue weighted by Crippen LogP contribution is -2.49. The zero-order valence-electron chi connectivity index (χ0n) is 12.1. The standard InChI is InChI=1S/C15H23BrN2O2/c1-15(2,10-19)14(18-8-6-17-7-9-18)11-4-3-5-12(16)13(11)20/h3-5,14,17,19-20H,6-10H2,1-2H3/t14-/m0/s1. The van der Waals surface area contributed by atoms with E-state index in [0.717, 1.165) is 31.7 Å². The van der Waals surface area contributed by atoms with Crippen LogP contribution in [0.25, 0.3) is 0 Å². The van der Waals surface area contributed by atoms with Gasteiger partial charge in [0.15, 0.2) is 0 Å². The molecule has 0 amide bonds. The van der Waals surface area contributed by atoms with Crippen molar-refractivity contribution in [2.75, 3.05) is 32.8 Å². The van der Waals surface area contributed by atoms with E-state index < -0.39 is 0 Å². The van der Waals surface area contributed by atoms with Crippen molar-refractivity contribution in [3.63, 3.8) is 0 Å². The molecule has 0 unspecified atom stereocenters. The van der Waals surface area contributed by atoms with Gasteiger partial charge in [0, 0.05) is 49.8 Å². The zero-order chi connectivity index (χ0) is 14.8. The van der Waals surface area contributed by atoms with Crippen LogP contribution in [0.5, 0.6) is 5.75 Å². The average Bonchev–Trinajstić information content (AvgIpc) is 2.45. The van der Waals surface area contributed by atoms with Gasteiger partial charge in [0.05, 0.1) is 4.47 Å². The largest absolute Gasteiger partial charge is 0.506 e. The molecule has 0 aromatic heterocycles. The van der Waals surface area contributed by atoms with E-state index >= 15 is 0 Å². The molecule has 0 saturated carbocycles. The Morgan fingerprint density at radius 3 is 2.60 bits per heavy atom. The fraction of sp³-hybridized carbons (Fsp3) is 0.600. The number of piperazine rings is 1. The molecular formula is C15H23BrN2O2. The fourth-order valence-electron chi connectivity index (χ4n) is 2.89. The quantitative estimate of drug-likeness (QED) is 0.784. The van der Waals surface area contributed by atoms with Crippen molar-refractivity contribution in [2.24, 2.45) is 5.41 Å². The molecular weight excluding hydrogens is 320 g/mol. The van der Waals surface area contributed by atoms with Crippen molar-refractivity contribution in [3.8, 4) is 5.75 Å². The highest BCUT2D eigenvalue weighted by Gasteiger charge is 2.37. The number of phenols is 1. The number of nitrogens with one attached hydrogen (secondary N) is 1. The summed E-state index contributed by atoms with van der Waals surface area (Å²) in [7, 11) is 0. The molecule has 1 aliphatic heterocycles. The summed E-state index contributed by atoms with van der Waals surface area (Å²) in [5, 5.41) is 23.5. The Morgan fingerprint density at radius 1 is 1.35 bits per heavy atom. The first kappa shape index (κ1) is 15.8. The summed E-state index contributed by atoms with van der Waals surface area (Å²) < 4.78 is 0.698. The minimum absolute atomic E-state index is 0.00731. The van der Waals surface area contributed by atoms with Crippen molar-refractivity contribution >= 4 is 15.9 Å². The lowest BCUT2D eigenvalue weighted by molar-refractivity contribution is 0.0292. The van der Waals surface area contributed by atoms with Crippen LogP contribution < -0.4 is 5.32 Å². The highest BCUT2D eigenvalue weighted by molar-refractivity contribution is 9.10. The smallest absolute Gasteiger partial charge is 0.134 e. The number of aromatic hydroxyl groups is 1. The molecule has 1 aromatic carbocycles. The van der Waals surface area contributed by atoms with Gasteiger partial charge in [0.25, 0.3) is 0 Å². The average molecular weight is 343 g/mol. The van der Waals surface area contributed by atoms with E-state index in [1.165, 1.54) is 0 Å². The van der Waals surface area contributed by atoms with E-state index in [1.54, 1.807) is 0 Å². The number of para-hydroxylation sites is 1. The molecule has 5 heteroatoms. The molecule has 0 radical (unpaired) electrons. The van der Waals surface area contributed by atoms with Gasteiger partial charge in [0.2, 0.25) is 0 Å². The van der Waals surface area contributed by atoms with Gasteiger partial charge in [-0.2, -0.15) is 0 Å². The topological polar surface area (TPSA) is 55.7 Å². The normalized spacial score (nSPS) is 19.0. The molecule has 0 spiro atoms. The number of aliphatic hydroxyl groups is 1. The van der Waals surface area contributed by atoms with Crippen LogP contribution >= 0.6 is 15.9 Å². The van der Waals surface area contributed by atoms with Crippen molar-refractivity contribution in [2.45, 2.75) is 19.9 Å². The Balaban J connectivity index is 2.42. The van der Waals surface area contributed by atoms with E-state index in [9.17, 15) is 10.2 Å². The summed E-state index contributed by atoms with van der Waals surface area (Å²) in [5.74, 6) is 0.276. The summed E-state index contributed by atoms with van der Waals surface area (Å²) in [4.78, 5) is 2.34. The van der Waals surface area contributed by atoms with Crippen LogP contribution in [0.4, 0.5) is 0 Å². The van der Waals surface area contributed by atoms with Crippen LogP contribution in [-0.2, 0) is 0 Å². The minimum Gasteiger partial charge on any atom is -0.506 e. The number of hydrogen-bond donors (Lipinski definition) is 3. The Kier molecular flexibility index (Phi) is 5.07. The van der Waals surface area contributed by atoms with Crippen molar-refractivity contribution in [1.29, 1.82) is 0 Å². The predicted octanol–water partition coefficient (Wildman–Crippen LogP) is 2.12. The summed E-state index contributed by atoms with van der Waals surface area (Å²) in [5.41, 5.74) is 0.552. The third-order valence-electron chi connectivity index (χ3n) is 3.98. The monoisotopic (exact) mass is 342 g/mol. The third kappa shape index (κ3) is 3.17. The van der Waals surface area contributed by atoms with Crippen LogP contribution in [0.15, 0.2) is 22.7 Å². The van der Waals surface area contributed by atoms with Crippen molar-refractivity contribution in [3.05, 3.63) is 28.2 Å². The van der Waals surface area contributed by atoms with Gasteiger partial charge in [-0.1, -0.05) is 26.0 Å². The fourth-order valence-corrected chi connectivity index (χ4v) is 3.27. The van der Waals surface area contributed by atoms with Crippen molar-refractivity contribution in [1.82, 2.24) is 10.2 Å². The van der Waals surface area contributed by atoms with Gasteiger partial charge >= 0.3 is 0 Å². The first-order valence-corrected chi connectivity index (χ1v) is 7.79. The number of rotatable bonds is 4. The van der Waals surface area contributed by atoms with Gasteiger partial charge in [-0.25, -0.2) is 0 Å². The first-order chi connectivity index (χ1) is 9.47. The van der Waals surface area contributed by atoms with Crippen LogP contribution in [0, 0.1) is 5.41 Å². The van der Waals surface area contributed by atoms with E-state index in [2.05, 4.69) is 26.1 Å². The Labute approximate surface area is 128 Å². The second-order valence-electron chi connectivity index (χ2n) is 6.01. The summed E-state index contributed by atoms with van der Waals surface area (Å²) >= 11 is 3.38. The summed E-state index contributed by atoms with van der Waals surface area (Å²) in [6.45, 7) is 7.87. The summed E-state index contributed by atoms with van der Waals surface area (Å²) in [6.07, 6.45) is 0. The molecule has 2 rings (SSSR count). The highest BCUT2D eigenvalue weighted by Crippen LogP contribution is 2.43. The molecule has 0 bridgehead atoms. The number of nitrogens with zero attached hydrogens (tertiary/aromatic N) is 1. The maximum Gasteiger partial charge on any atom is 0.134 e. The molecule has 4 nitrogen and oxygen atoms in total. The summed E-state index contributed by atoms with van der Waals surface area (Å²) in [6, 6.07) is 5.71. The SMILES string of the molecule is CC(C)(CO)[C@H](c1cccc(Br)c1O)N1CCNCC1. The third-order valence-corrected chi connectivity index (χ3v) is 4.62. The van der Waals surface area contributed by atoms with E-state index in [4.69, 9.17) is 0 Å². The number of halogens is 1. The second kappa shape index (κ2) is 6.43. The van der Waals surface area contributed by atoms with Gasteiger partial charge in [-0.05, 0) is 22.0 Å². The van der Waals surface area contributed by atoms with Gasteiger partial charge in [-0.15, -0.1) is 0 Å². The molecule has 1 heterocycles. The minimum atomic E-state index is -0.324. The molecule has 1 aromatic rings. The Hall–Kier alpha value is -0.620. The molecule has 0 aliphatic carbocycles. The molecule has 1 atom stereocenters. The number of aliphatic hydroxyl groups excluding tert-OH is 1. The van der Waals surface area contributed by atoms with E-state index in [0.29, 0.717) is 4.47 Å². The molecule has 1 fully saturated rings. The van der Waals surface area contributed by atoms with Crippen LogP contribution in [0.2, 0.25) is 0 Å². The number of hydrogen-bond acceptors (Lipinski definition) is 4. The molecule has 1 saturated heterocycles. The van der Waals surface area contributed by atoms with Crippen molar-refractivity contribution < 1.29 is 10.2 Å². The lowest BCUT2D eigenvalue weighted by atomic mass is 9.79.